The molecular weight excluding hydrogens is 364 g/mol. The normalized spacial score (nSPS) is 11.6. The number of carbonyl (C=O) groups excluding carboxylic acids is 1. The van der Waals surface area contributed by atoms with Crippen LogP contribution < -0.4 is 16.2 Å². The molecule has 0 saturated carbocycles. The van der Waals surface area contributed by atoms with E-state index in [1.165, 1.54) is 31.9 Å². The average Bonchev–Trinajstić information content (AvgIpc) is 2.50. The first-order chi connectivity index (χ1) is 10.5. The van der Waals surface area contributed by atoms with Crippen LogP contribution in [0.15, 0.2) is 22.9 Å². The Kier molecular flexibility index (Phi) is 9.00. The molecule has 1 atom stereocenters. The van der Waals surface area contributed by atoms with Gasteiger partial charge in [-0.3, -0.25) is 20.6 Å². The molecule has 0 aliphatic rings. The van der Waals surface area contributed by atoms with Gasteiger partial charge in [-0.15, -0.1) is 0 Å². The molecule has 1 aromatic rings. The zero-order valence-electron chi connectivity index (χ0n) is 13.0. The maximum absolute atomic E-state index is 11.9. The Balaban J connectivity index is 2.24. The summed E-state index contributed by atoms with van der Waals surface area (Å²) in [6, 6.07) is 1.69. The molecule has 0 aromatic carbocycles. The van der Waals surface area contributed by atoms with Crippen LogP contribution >= 0.6 is 28.1 Å². The number of hydrogen-bond acceptors (Lipinski definition) is 3. The van der Waals surface area contributed by atoms with Crippen molar-refractivity contribution in [1.29, 1.82) is 0 Å². The van der Waals surface area contributed by atoms with Gasteiger partial charge in [-0.05, 0) is 46.6 Å². The standard InChI is InChI=1S/C15H23BrN4OS/c1-3-4-5-6-11(2)8-18-15(22)20-19-14(21)12-7-13(16)10-17-9-12/h7,9-11H,3-6,8H2,1-2H3,(H,19,21)(H2,18,20,22)/t11-/m0/s1. The van der Waals surface area contributed by atoms with Crippen LogP contribution in [-0.2, 0) is 0 Å². The first-order valence-corrected chi connectivity index (χ1v) is 8.67. The van der Waals surface area contributed by atoms with Gasteiger partial charge in [-0.1, -0.05) is 33.1 Å². The van der Waals surface area contributed by atoms with Gasteiger partial charge in [0.15, 0.2) is 5.11 Å². The molecule has 0 aliphatic heterocycles. The smallest absolute Gasteiger partial charge is 0.271 e. The number of hydrazine groups is 1. The molecule has 0 unspecified atom stereocenters. The maximum Gasteiger partial charge on any atom is 0.271 e. The molecular formula is C15H23BrN4OS. The summed E-state index contributed by atoms with van der Waals surface area (Å²) in [4.78, 5) is 15.8. The second kappa shape index (κ2) is 10.5. The van der Waals surface area contributed by atoms with Crippen LogP contribution in [0.1, 0.15) is 49.9 Å². The lowest BCUT2D eigenvalue weighted by atomic mass is 10.0. The molecule has 1 aromatic heterocycles. The van der Waals surface area contributed by atoms with Crippen molar-refractivity contribution in [3.8, 4) is 0 Å². The summed E-state index contributed by atoms with van der Waals surface area (Å²) in [5.74, 6) is 0.269. The number of carbonyl (C=O) groups is 1. The largest absolute Gasteiger partial charge is 0.361 e. The van der Waals surface area contributed by atoms with E-state index in [0.29, 0.717) is 16.6 Å². The number of unbranched alkanes of at least 4 members (excludes halogenated alkanes) is 2. The number of pyridine rings is 1. The molecule has 0 radical (unpaired) electrons. The Hall–Kier alpha value is -1.21. The van der Waals surface area contributed by atoms with Gasteiger partial charge in [0.25, 0.3) is 5.91 Å². The highest BCUT2D eigenvalue weighted by Crippen LogP contribution is 2.09. The molecule has 1 heterocycles. The molecule has 0 aliphatic carbocycles. The number of aromatic nitrogens is 1. The molecule has 1 rings (SSSR count). The number of nitrogens with one attached hydrogen (secondary N) is 3. The van der Waals surface area contributed by atoms with Crippen molar-refractivity contribution in [3.05, 3.63) is 28.5 Å². The minimum atomic E-state index is -0.283. The molecule has 22 heavy (non-hydrogen) atoms. The van der Waals surface area contributed by atoms with Crippen molar-refractivity contribution < 1.29 is 4.79 Å². The van der Waals surface area contributed by atoms with Gasteiger partial charge in [-0.25, -0.2) is 0 Å². The van der Waals surface area contributed by atoms with Crippen LogP contribution in [0.5, 0.6) is 0 Å². The summed E-state index contributed by atoms with van der Waals surface area (Å²) in [6.45, 7) is 5.19. The monoisotopic (exact) mass is 386 g/mol. The van der Waals surface area contributed by atoms with E-state index in [9.17, 15) is 4.79 Å². The molecule has 0 bridgehead atoms. The quantitative estimate of drug-likeness (QED) is 0.381. The van der Waals surface area contributed by atoms with E-state index in [0.717, 1.165) is 11.0 Å². The second-order valence-electron chi connectivity index (χ2n) is 5.28. The average molecular weight is 387 g/mol. The van der Waals surface area contributed by atoms with E-state index in [1.807, 2.05) is 0 Å². The van der Waals surface area contributed by atoms with E-state index in [2.05, 4.69) is 50.9 Å². The van der Waals surface area contributed by atoms with Crippen LogP contribution in [0.25, 0.3) is 0 Å². The molecule has 3 N–H and O–H groups in total. The van der Waals surface area contributed by atoms with Crippen LogP contribution in [0.2, 0.25) is 0 Å². The molecule has 7 heteroatoms. The summed E-state index contributed by atoms with van der Waals surface area (Å²) >= 11 is 8.42. The predicted octanol–water partition coefficient (Wildman–Crippen LogP) is 3.17. The molecule has 0 saturated heterocycles. The second-order valence-corrected chi connectivity index (χ2v) is 6.61. The summed E-state index contributed by atoms with van der Waals surface area (Å²) in [7, 11) is 0. The Bertz CT molecular complexity index is 498. The minimum absolute atomic E-state index is 0.283. The topological polar surface area (TPSA) is 66.0 Å². The highest BCUT2D eigenvalue weighted by molar-refractivity contribution is 9.10. The van der Waals surface area contributed by atoms with Gasteiger partial charge >= 0.3 is 0 Å². The Morgan fingerprint density at radius 2 is 2.14 bits per heavy atom. The number of hydrogen-bond donors (Lipinski definition) is 3. The van der Waals surface area contributed by atoms with E-state index >= 15 is 0 Å². The van der Waals surface area contributed by atoms with E-state index in [-0.39, 0.29) is 5.91 Å². The maximum atomic E-state index is 11.9. The van der Waals surface area contributed by atoms with Crippen molar-refractivity contribution in [1.82, 2.24) is 21.2 Å². The number of halogens is 1. The number of nitrogens with zero attached hydrogens (tertiary/aromatic N) is 1. The van der Waals surface area contributed by atoms with Crippen LogP contribution in [0.4, 0.5) is 0 Å². The van der Waals surface area contributed by atoms with E-state index in [1.54, 1.807) is 12.3 Å². The zero-order valence-corrected chi connectivity index (χ0v) is 15.4. The summed E-state index contributed by atoms with van der Waals surface area (Å²) in [6.07, 6.45) is 8.04. The summed E-state index contributed by atoms with van der Waals surface area (Å²) in [5.41, 5.74) is 5.71. The van der Waals surface area contributed by atoms with Crippen LogP contribution in [0.3, 0.4) is 0 Å². The Labute approximate surface area is 145 Å². The van der Waals surface area contributed by atoms with Gasteiger partial charge < -0.3 is 5.32 Å². The lowest BCUT2D eigenvalue weighted by molar-refractivity contribution is 0.0943. The number of amides is 1. The van der Waals surface area contributed by atoms with Gasteiger partial charge in [-0.2, -0.15) is 0 Å². The molecule has 5 nitrogen and oxygen atoms in total. The fourth-order valence-corrected chi connectivity index (χ4v) is 2.38. The van der Waals surface area contributed by atoms with Crippen LogP contribution in [0, 0.1) is 5.92 Å². The lowest BCUT2D eigenvalue weighted by Gasteiger charge is -2.15. The van der Waals surface area contributed by atoms with E-state index in [4.69, 9.17) is 12.2 Å². The zero-order chi connectivity index (χ0) is 16.4. The lowest BCUT2D eigenvalue weighted by Crippen LogP contribution is -2.47. The summed E-state index contributed by atoms with van der Waals surface area (Å²) < 4.78 is 0.752. The Morgan fingerprint density at radius 1 is 1.36 bits per heavy atom. The van der Waals surface area contributed by atoms with E-state index < -0.39 is 0 Å². The number of thiocarbonyl (C=S) groups is 1. The molecule has 122 valence electrons. The Morgan fingerprint density at radius 3 is 2.82 bits per heavy atom. The number of rotatable bonds is 7. The van der Waals surface area contributed by atoms with Crippen molar-refractivity contribution in [2.24, 2.45) is 5.92 Å². The first-order valence-electron chi connectivity index (χ1n) is 7.47. The molecule has 0 spiro atoms. The first kappa shape index (κ1) is 18.8. The van der Waals surface area contributed by atoms with Crippen LogP contribution in [-0.4, -0.2) is 22.5 Å². The van der Waals surface area contributed by atoms with Gasteiger partial charge in [0, 0.05) is 23.4 Å². The molecule has 1 amide bonds. The molecule has 0 fully saturated rings. The van der Waals surface area contributed by atoms with Crippen molar-refractivity contribution in [3.63, 3.8) is 0 Å². The fourth-order valence-electron chi connectivity index (χ4n) is 1.88. The SMILES string of the molecule is CCCCC[C@H](C)CNC(=S)NNC(=O)c1cncc(Br)c1. The third-order valence-electron chi connectivity index (χ3n) is 3.17. The van der Waals surface area contributed by atoms with Gasteiger partial charge in [0.2, 0.25) is 0 Å². The fraction of sp³-hybridized carbons (Fsp3) is 0.533. The van der Waals surface area contributed by atoms with Crippen molar-refractivity contribution in [2.75, 3.05) is 6.54 Å². The minimum Gasteiger partial charge on any atom is -0.361 e. The highest BCUT2D eigenvalue weighted by atomic mass is 79.9. The van der Waals surface area contributed by atoms with Gasteiger partial charge in [0.1, 0.15) is 0 Å². The van der Waals surface area contributed by atoms with Crippen molar-refractivity contribution >= 4 is 39.2 Å². The van der Waals surface area contributed by atoms with Crippen molar-refractivity contribution in [2.45, 2.75) is 39.5 Å². The predicted molar refractivity (Wildman–Crippen MR) is 96.4 cm³/mol. The summed E-state index contributed by atoms with van der Waals surface area (Å²) in [5, 5.41) is 3.52. The third kappa shape index (κ3) is 7.70. The highest BCUT2D eigenvalue weighted by Gasteiger charge is 2.07. The third-order valence-corrected chi connectivity index (χ3v) is 3.85. The van der Waals surface area contributed by atoms with Gasteiger partial charge in [0.05, 0.1) is 5.56 Å².